The summed E-state index contributed by atoms with van der Waals surface area (Å²) in [6.07, 6.45) is 23.4. The van der Waals surface area contributed by atoms with Crippen LogP contribution in [0.3, 0.4) is 0 Å². The maximum Gasteiger partial charge on any atom is 0.287 e. The average Bonchev–Trinajstić information content (AvgIpc) is 1.62. The van der Waals surface area contributed by atoms with E-state index in [4.69, 9.17) is 15.0 Å². The molecule has 6 aromatic heterocycles. The minimum Gasteiger partial charge on any atom is -0.232 e. The summed E-state index contributed by atoms with van der Waals surface area (Å²) in [4.78, 5) is 25.1. The van der Waals surface area contributed by atoms with Gasteiger partial charge in [0.25, 0.3) is 31.6 Å². The Kier molecular flexibility index (Phi) is 28.8. The molecule has 2 fully saturated rings. The number of aryl methyl sites for hydroxylation is 13. The van der Waals surface area contributed by atoms with Gasteiger partial charge in [0.15, 0.2) is 27.8 Å². The first kappa shape index (κ1) is 95.8. The lowest BCUT2D eigenvalue weighted by molar-refractivity contribution is -0.662. The van der Waals surface area contributed by atoms with Gasteiger partial charge < -0.3 is 0 Å². The second-order valence-electron chi connectivity index (χ2n) is 42.1. The Morgan fingerprint density at radius 2 is 0.628 bits per heavy atom. The Morgan fingerprint density at radius 3 is 0.953 bits per heavy atom. The molecule has 17 rings (SSSR count). The van der Waals surface area contributed by atoms with Gasteiger partial charge in [0.2, 0.25) is 5.52 Å². The number of thiophene rings is 1. The van der Waals surface area contributed by atoms with Crippen molar-refractivity contribution in [2.24, 2.45) is 51.5 Å². The molecule has 15 aromatic rings. The van der Waals surface area contributed by atoms with Crippen LogP contribution in [-0.4, -0.2) is 24.9 Å². The van der Waals surface area contributed by atoms with E-state index in [-0.39, 0.29) is 27.9 Å². The summed E-state index contributed by atoms with van der Waals surface area (Å²) in [7, 11) is 10.3. The summed E-state index contributed by atoms with van der Waals surface area (Å²) in [6.45, 7) is 56.3. The van der Waals surface area contributed by atoms with E-state index < -0.39 is 0 Å². The fourth-order valence-corrected chi connectivity index (χ4v) is 21.8. The zero-order valence-corrected chi connectivity index (χ0v) is 84.4. The molecule has 13 heteroatoms. The maximum atomic E-state index is 14.3. The molecule has 0 bridgehead atoms. The quantitative estimate of drug-likeness (QED) is 0.121. The van der Waals surface area contributed by atoms with E-state index in [1.54, 1.807) is 0 Å². The maximum absolute atomic E-state index is 14.3. The number of hydrogen-bond donors (Lipinski definition) is 0. The summed E-state index contributed by atoms with van der Waals surface area (Å²) in [5.74, 6) is 1.67. The Labute approximate surface area is 773 Å². The first-order valence-corrected chi connectivity index (χ1v) is 47.8. The molecule has 129 heavy (non-hydrogen) atoms. The molecule has 9 aromatic carbocycles. The summed E-state index contributed by atoms with van der Waals surface area (Å²) in [5.41, 5.74) is 42.1. The summed E-state index contributed by atoms with van der Waals surface area (Å²) in [5, 5.41) is 4.70. The van der Waals surface area contributed by atoms with Crippen molar-refractivity contribution in [3.05, 3.63) is 281 Å². The van der Waals surface area contributed by atoms with Crippen LogP contribution >= 0.6 is 11.3 Å². The number of nitrogens with zero attached hydrogens (tertiary/aromatic N) is 10. The van der Waals surface area contributed by atoms with Crippen LogP contribution in [-0.2, 0) is 54.5 Å². The van der Waals surface area contributed by atoms with Gasteiger partial charge in [-0.2, -0.15) is 0 Å². The molecule has 0 N–H and O–H groups in total. The first-order valence-electron chi connectivity index (χ1n) is 46.9. The third kappa shape index (κ3) is 21.2. The van der Waals surface area contributed by atoms with Crippen LogP contribution in [0.1, 0.15) is 261 Å². The normalized spacial score (nSPS) is 13.3. The molecular formula is C116H143F2N10S+5. The largest absolute Gasteiger partial charge is 0.287 e. The molecular weight excluding hydrogens is 1600 g/mol. The lowest BCUT2D eigenvalue weighted by Gasteiger charge is -2.18. The standard InChI is InChI=1S/C24H33N2S.C23H26FN2.C23H28FN2.C23H27N2.C23H29N2/c1-14(2)20-19(12-24(6,7)8)27-23-21(20)25-13-26(9)22(23)18-11-15(3)10-16(4)17(18)5;1-14-11-20(15(2)16(3)22(14)24)23-19-10-9-18(17-7-5-6-8-17)12-21(19)25-13-26(23)4;1-14-10-19(15(2)16(3)21(14)24)22-18-9-8-17(12-23(4,5)6)11-20(18)25-13-26(22)7;1-15-11-16(2)17(3)21(12-15)23-20-10-9-19(18-7-5-6-8-18)13-22(20)24-14-25(23)4;1-15-10-16(2)17(3)20(11-15)22-19-9-8-18(13-23(4,5)6)12-21(19)24-14-25(22)7/h10-11,13-14H,12H2,1-9H3;9-13,17H,5-8H2,1-4H3;8-11,13H,12H2,1-7H3;9-14,18H,5-8H2,1-4H3;8-12,14H,13H2,1-7H3/q5*+1. The van der Waals surface area contributed by atoms with Crippen LogP contribution in [0.15, 0.2) is 153 Å². The summed E-state index contributed by atoms with van der Waals surface area (Å²) in [6, 6.07) is 44.6. The highest BCUT2D eigenvalue weighted by Gasteiger charge is 2.32. The van der Waals surface area contributed by atoms with Crippen LogP contribution < -0.4 is 22.8 Å². The predicted octanol–water partition coefficient (Wildman–Crippen LogP) is 27.8. The zero-order chi connectivity index (χ0) is 93.6. The fraction of sp³-hybridized carbons (Fsp3) is 0.414. The Balaban J connectivity index is 0.000000138. The minimum atomic E-state index is -0.111. The second-order valence-corrected chi connectivity index (χ2v) is 43.2. The molecule has 0 aliphatic heterocycles. The van der Waals surface area contributed by atoms with Crippen molar-refractivity contribution in [2.45, 2.75) is 268 Å². The van der Waals surface area contributed by atoms with Gasteiger partial charge in [0, 0.05) is 38.3 Å². The third-order valence-electron chi connectivity index (χ3n) is 27.1. The topological polar surface area (TPSA) is 83.8 Å². The van der Waals surface area contributed by atoms with E-state index in [9.17, 15) is 8.78 Å². The lowest BCUT2D eigenvalue weighted by Crippen LogP contribution is -2.32. The van der Waals surface area contributed by atoms with Gasteiger partial charge in [-0.25, -0.2) is 31.6 Å². The van der Waals surface area contributed by atoms with Gasteiger partial charge in [-0.05, 0) is 376 Å². The fourth-order valence-electron chi connectivity index (χ4n) is 20.0. The Morgan fingerprint density at radius 1 is 0.333 bits per heavy atom. The van der Waals surface area contributed by atoms with Crippen molar-refractivity contribution in [1.29, 1.82) is 0 Å². The number of halogens is 2. The molecule has 10 nitrogen and oxygen atoms in total. The molecule has 6 heterocycles. The van der Waals surface area contributed by atoms with Crippen molar-refractivity contribution in [1.82, 2.24) is 24.9 Å². The van der Waals surface area contributed by atoms with Crippen LogP contribution in [0, 0.1) is 132 Å². The van der Waals surface area contributed by atoms with Crippen molar-refractivity contribution < 1.29 is 31.6 Å². The number of rotatable bonds is 11. The van der Waals surface area contributed by atoms with Crippen molar-refractivity contribution >= 4 is 65.2 Å². The molecule has 2 aliphatic rings. The number of fused-ring (bicyclic) bond motifs is 5. The Hall–Kier alpha value is -10.8. The lowest BCUT2D eigenvalue weighted by atomic mass is 9.87. The highest BCUT2D eigenvalue weighted by molar-refractivity contribution is 7.19. The monoisotopic (exact) mass is 1750 g/mol. The first-order chi connectivity index (χ1) is 60.7. The molecule has 2 aliphatic carbocycles. The molecule has 0 atom stereocenters. The Bertz CT molecular complexity index is 6790. The van der Waals surface area contributed by atoms with E-state index in [1.807, 2.05) is 115 Å². The van der Waals surface area contributed by atoms with Gasteiger partial charge in [0.1, 0.15) is 39.1 Å². The van der Waals surface area contributed by atoms with E-state index in [0.29, 0.717) is 28.5 Å². The van der Waals surface area contributed by atoms with E-state index in [0.717, 1.165) is 97.2 Å². The van der Waals surface area contributed by atoms with Gasteiger partial charge in [-0.15, -0.1) is 11.3 Å². The summed E-state index contributed by atoms with van der Waals surface area (Å²) >= 11 is 1.95. The molecule has 0 radical (unpaired) electrons. The number of benzene rings is 9. The second kappa shape index (κ2) is 38.7. The van der Waals surface area contributed by atoms with Crippen molar-refractivity contribution in [3.63, 3.8) is 0 Å². The van der Waals surface area contributed by atoms with E-state index in [2.05, 4.69) is 297 Å². The van der Waals surface area contributed by atoms with Crippen LogP contribution in [0.2, 0.25) is 0 Å². The molecule has 672 valence electrons. The zero-order valence-electron chi connectivity index (χ0n) is 83.6. The van der Waals surface area contributed by atoms with Crippen LogP contribution in [0.25, 0.3) is 110 Å². The third-order valence-corrected chi connectivity index (χ3v) is 28.3. The summed E-state index contributed by atoms with van der Waals surface area (Å²) < 4.78 is 40.5. The van der Waals surface area contributed by atoms with E-state index in [1.165, 1.54) is 189 Å². The molecule has 0 amide bonds. The SMILES string of the molecule is Cc1cc(-c2c3ccc(C4CCCC4)cc3nc[n+]2C)c(C)c(C)c1F.Cc1cc(-c2c3ccc(CC(C)(C)C)cc3nc[n+]2C)c(C)c(C)c1F.Cc1cc(C)c(C)c(-c2c3ccc(C4CCCC4)cc3nc[n+]2C)c1.Cc1cc(C)c(C)c(-c2c3ccc(CC(C)(C)C)cc3nc[n+]2C)c1.Cc1cc(C)c(C)c(-c2c3sc(CC(C)(C)C)c(C(C)C)c3nc[n+]2C)c1. The molecule has 0 saturated heterocycles. The highest BCUT2D eigenvalue weighted by atomic mass is 32.1. The number of hydrogen-bond acceptors (Lipinski definition) is 6. The number of aromatic nitrogens is 10. The minimum absolute atomic E-state index is 0.101. The average molecular weight is 1750 g/mol. The molecule has 2 saturated carbocycles. The smallest absolute Gasteiger partial charge is 0.232 e. The van der Waals surface area contributed by atoms with Gasteiger partial charge in [-0.1, -0.05) is 161 Å². The predicted molar refractivity (Wildman–Crippen MR) is 537 cm³/mol. The van der Waals surface area contributed by atoms with Gasteiger partial charge >= 0.3 is 0 Å². The molecule has 0 spiro atoms. The molecule has 0 unspecified atom stereocenters. The van der Waals surface area contributed by atoms with Gasteiger partial charge in [-0.3, -0.25) is 0 Å². The van der Waals surface area contributed by atoms with Crippen LogP contribution in [0.5, 0.6) is 0 Å². The van der Waals surface area contributed by atoms with E-state index >= 15 is 0 Å². The van der Waals surface area contributed by atoms with Crippen molar-refractivity contribution in [2.75, 3.05) is 0 Å². The van der Waals surface area contributed by atoms with Crippen molar-refractivity contribution in [3.8, 4) is 56.3 Å². The highest BCUT2D eigenvalue weighted by Crippen LogP contribution is 2.45. The van der Waals surface area contributed by atoms with Crippen LogP contribution in [0.4, 0.5) is 8.78 Å². The van der Waals surface area contributed by atoms with Gasteiger partial charge in [0.05, 0.1) is 56.8 Å².